The second-order valence-corrected chi connectivity index (χ2v) is 6.41. The van der Waals surface area contributed by atoms with E-state index in [1.54, 1.807) is 0 Å². The largest absolute Gasteiger partial charge is 0.497 e. The summed E-state index contributed by atoms with van der Waals surface area (Å²) in [6.07, 6.45) is 1.47. The van der Waals surface area contributed by atoms with Gasteiger partial charge in [0.25, 0.3) is 5.56 Å². The Bertz CT molecular complexity index is 831. The maximum atomic E-state index is 14.4. The van der Waals surface area contributed by atoms with Gasteiger partial charge in [-0.3, -0.25) is 4.79 Å². The van der Waals surface area contributed by atoms with Gasteiger partial charge in [-0.1, -0.05) is 19.3 Å². The van der Waals surface area contributed by atoms with Gasteiger partial charge < -0.3 is 9.72 Å². The zero-order chi connectivity index (χ0) is 18.2. The zero-order valence-corrected chi connectivity index (χ0v) is 13.6. The average molecular weight is 358 g/mol. The van der Waals surface area contributed by atoms with Crippen molar-refractivity contribution in [2.75, 3.05) is 7.11 Å². The van der Waals surface area contributed by atoms with E-state index in [0.717, 1.165) is 12.8 Å². The van der Waals surface area contributed by atoms with Crippen LogP contribution in [0.3, 0.4) is 0 Å². The fourth-order valence-electron chi connectivity index (χ4n) is 2.75. The van der Waals surface area contributed by atoms with E-state index < -0.39 is 29.5 Å². The van der Waals surface area contributed by atoms with E-state index in [2.05, 4.69) is 9.97 Å². The van der Waals surface area contributed by atoms with Gasteiger partial charge in [-0.05, 0) is 24.5 Å². The van der Waals surface area contributed by atoms with Crippen molar-refractivity contribution in [3.05, 3.63) is 34.2 Å². The third kappa shape index (κ3) is 3.48. The third-order valence-corrected chi connectivity index (χ3v) is 4.46. The first-order chi connectivity index (χ1) is 11.7. The van der Waals surface area contributed by atoms with Crippen molar-refractivity contribution in [3.63, 3.8) is 0 Å². The molecule has 136 valence electrons. The highest BCUT2D eigenvalue weighted by molar-refractivity contribution is 5.75. The van der Waals surface area contributed by atoms with Crippen LogP contribution in [-0.2, 0) is 5.92 Å². The van der Waals surface area contributed by atoms with Gasteiger partial charge in [0.15, 0.2) is 5.69 Å². The molecule has 1 aliphatic carbocycles. The molecule has 1 fully saturated rings. The van der Waals surface area contributed by atoms with Crippen LogP contribution in [0, 0.1) is 5.92 Å². The first kappa shape index (κ1) is 17.7. The summed E-state index contributed by atoms with van der Waals surface area (Å²) >= 11 is 0. The molecule has 1 saturated carbocycles. The molecule has 2 aromatic rings. The van der Waals surface area contributed by atoms with Gasteiger partial charge in [0.2, 0.25) is 0 Å². The fraction of sp³-hybridized carbons (Fsp3) is 0.529. The minimum absolute atomic E-state index is 0.00403. The minimum atomic E-state index is -4.64. The number of ether oxygens (including phenoxy) is 1. The SMILES string of the molecule is COc1ccc2nc(C(F)(F)C(F)(F)CCCC3CC3)c(=O)[nH]c2c1. The molecule has 25 heavy (non-hydrogen) atoms. The molecule has 1 heterocycles. The Labute approximate surface area is 141 Å². The smallest absolute Gasteiger partial charge is 0.357 e. The highest BCUT2D eigenvalue weighted by atomic mass is 19.3. The lowest BCUT2D eigenvalue weighted by Gasteiger charge is -2.25. The van der Waals surface area contributed by atoms with Crippen molar-refractivity contribution in [3.8, 4) is 5.75 Å². The molecule has 1 aromatic heterocycles. The number of fused-ring (bicyclic) bond motifs is 1. The first-order valence-corrected chi connectivity index (χ1v) is 8.09. The van der Waals surface area contributed by atoms with Gasteiger partial charge in [-0.15, -0.1) is 0 Å². The minimum Gasteiger partial charge on any atom is -0.497 e. The van der Waals surface area contributed by atoms with E-state index in [1.807, 2.05) is 0 Å². The molecular formula is C17H18F4N2O2. The Kier molecular flexibility index (Phi) is 4.47. The summed E-state index contributed by atoms with van der Waals surface area (Å²) < 4.78 is 61.9. The first-order valence-electron chi connectivity index (χ1n) is 8.09. The number of rotatable bonds is 7. The summed E-state index contributed by atoms with van der Waals surface area (Å²) in [6, 6.07) is 4.16. The van der Waals surface area contributed by atoms with Crippen molar-refractivity contribution in [2.45, 2.75) is 43.9 Å². The molecular weight excluding hydrogens is 340 g/mol. The van der Waals surface area contributed by atoms with Crippen molar-refractivity contribution in [2.24, 2.45) is 5.92 Å². The van der Waals surface area contributed by atoms with Crippen molar-refractivity contribution >= 4 is 11.0 Å². The topological polar surface area (TPSA) is 55.0 Å². The number of benzene rings is 1. The van der Waals surface area contributed by atoms with Gasteiger partial charge in [0, 0.05) is 12.5 Å². The van der Waals surface area contributed by atoms with E-state index in [4.69, 9.17) is 4.74 Å². The fourth-order valence-corrected chi connectivity index (χ4v) is 2.75. The van der Waals surface area contributed by atoms with Crippen LogP contribution in [0.25, 0.3) is 11.0 Å². The number of aromatic nitrogens is 2. The summed E-state index contributed by atoms with van der Waals surface area (Å²) in [5.74, 6) is -8.21. The summed E-state index contributed by atoms with van der Waals surface area (Å²) in [4.78, 5) is 17.6. The highest BCUT2D eigenvalue weighted by Gasteiger charge is 2.59. The van der Waals surface area contributed by atoms with E-state index >= 15 is 0 Å². The molecule has 8 heteroatoms. The van der Waals surface area contributed by atoms with Crippen LogP contribution in [-0.4, -0.2) is 23.0 Å². The lowest BCUT2D eigenvalue weighted by atomic mass is 10.0. The molecule has 0 amide bonds. The number of H-pyrrole nitrogens is 1. The van der Waals surface area contributed by atoms with E-state index in [1.165, 1.54) is 25.3 Å². The summed E-state index contributed by atoms with van der Waals surface area (Å²) in [7, 11) is 1.40. The van der Waals surface area contributed by atoms with E-state index in [9.17, 15) is 22.4 Å². The van der Waals surface area contributed by atoms with Crippen LogP contribution in [0.4, 0.5) is 17.6 Å². The van der Waals surface area contributed by atoms with Crippen LogP contribution in [0.1, 0.15) is 37.8 Å². The number of methoxy groups -OCH3 is 1. The predicted octanol–water partition coefficient (Wildman–Crippen LogP) is 4.24. The Morgan fingerprint density at radius 2 is 2.00 bits per heavy atom. The second kappa shape index (κ2) is 6.31. The lowest BCUT2D eigenvalue weighted by Crippen LogP contribution is -2.42. The number of halogens is 4. The maximum absolute atomic E-state index is 14.4. The molecule has 1 N–H and O–H groups in total. The molecule has 0 aliphatic heterocycles. The van der Waals surface area contributed by atoms with Gasteiger partial charge in [-0.25, -0.2) is 4.98 Å². The molecule has 1 aliphatic rings. The summed E-state index contributed by atoms with van der Waals surface area (Å²) in [5, 5.41) is 0. The lowest BCUT2D eigenvalue weighted by molar-refractivity contribution is -0.222. The predicted molar refractivity (Wildman–Crippen MR) is 84.3 cm³/mol. The van der Waals surface area contributed by atoms with Gasteiger partial charge in [-0.2, -0.15) is 17.6 Å². The third-order valence-electron chi connectivity index (χ3n) is 4.46. The molecule has 4 nitrogen and oxygen atoms in total. The number of aromatic amines is 1. The molecule has 0 spiro atoms. The quantitative estimate of drug-likeness (QED) is 0.753. The standard InChI is InChI=1S/C17H18F4N2O2/c1-25-11-6-7-12-13(9-11)23-15(24)14(22-12)17(20,21)16(18,19)8-2-3-10-4-5-10/h6-7,9-10H,2-5,8H2,1H3,(H,23,24). The van der Waals surface area contributed by atoms with Gasteiger partial charge in [0.1, 0.15) is 5.75 Å². The Morgan fingerprint density at radius 3 is 2.64 bits per heavy atom. The monoisotopic (exact) mass is 358 g/mol. The van der Waals surface area contributed by atoms with Crippen molar-refractivity contribution in [1.82, 2.24) is 9.97 Å². The normalized spacial score (nSPS) is 15.6. The molecule has 1 aromatic carbocycles. The highest BCUT2D eigenvalue weighted by Crippen LogP contribution is 2.45. The zero-order valence-electron chi connectivity index (χ0n) is 13.6. The Morgan fingerprint density at radius 1 is 1.28 bits per heavy atom. The molecule has 0 unspecified atom stereocenters. The van der Waals surface area contributed by atoms with Crippen LogP contribution in [0.15, 0.2) is 23.0 Å². The van der Waals surface area contributed by atoms with Crippen LogP contribution < -0.4 is 10.3 Å². The van der Waals surface area contributed by atoms with Gasteiger partial charge >= 0.3 is 11.8 Å². The molecule has 3 rings (SSSR count). The Hall–Kier alpha value is -2.12. The van der Waals surface area contributed by atoms with Crippen LogP contribution in [0.2, 0.25) is 0 Å². The second-order valence-electron chi connectivity index (χ2n) is 6.41. The maximum Gasteiger partial charge on any atom is 0.357 e. The number of hydrogen-bond donors (Lipinski definition) is 1. The summed E-state index contributed by atoms with van der Waals surface area (Å²) in [5.41, 5.74) is -2.65. The average Bonchev–Trinajstić information content (AvgIpc) is 3.37. The molecule has 0 bridgehead atoms. The van der Waals surface area contributed by atoms with Crippen molar-refractivity contribution < 1.29 is 22.3 Å². The van der Waals surface area contributed by atoms with E-state index in [0.29, 0.717) is 18.1 Å². The number of nitrogens with one attached hydrogen (secondary N) is 1. The number of alkyl halides is 4. The number of hydrogen-bond acceptors (Lipinski definition) is 3. The van der Waals surface area contributed by atoms with Crippen LogP contribution in [0.5, 0.6) is 5.75 Å². The van der Waals surface area contributed by atoms with Crippen LogP contribution >= 0.6 is 0 Å². The molecule has 0 saturated heterocycles. The van der Waals surface area contributed by atoms with Gasteiger partial charge in [0.05, 0.1) is 18.1 Å². The van der Waals surface area contributed by atoms with E-state index in [-0.39, 0.29) is 17.5 Å². The molecule has 0 atom stereocenters. The summed E-state index contributed by atoms with van der Waals surface area (Å²) in [6.45, 7) is 0. The molecule has 0 radical (unpaired) electrons. The Balaban J connectivity index is 1.91. The van der Waals surface area contributed by atoms with Crippen molar-refractivity contribution in [1.29, 1.82) is 0 Å². The number of nitrogens with zero attached hydrogens (tertiary/aromatic N) is 1.